The Kier molecular flexibility index (Phi) is 11.3. The van der Waals surface area contributed by atoms with E-state index in [0.717, 1.165) is 12.8 Å². The first kappa shape index (κ1) is 38.0. The molecule has 1 saturated carbocycles. The van der Waals surface area contributed by atoms with Gasteiger partial charge in [-0.25, -0.2) is 22.4 Å². The van der Waals surface area contributed by atoms with Gasteiger partial charge in [0.15, 0.2) is 0 Å². The molecule has 14 nitrogen and oxygen atoms in total. The molecule has 1 aliphatic carbocycles. The largest absolute Gasteiger partial charge is 0.444 e. The number of carbonyl (C=O) groups excluding carboxylic acids is 5. The van der Waals surface area contributed by atoms with Crippen molar-refractivity contribution in [2.24, 2.45) is 5.92 Å². The third kappa shape index (κ3) is 9.18. The van der Waals surface area contributed by atoms with Crippen LogP contribution >= 0.6 is 0 Å². The Morgan fingerprint density at radius 1 is 1.12 bits per heavy atom. The molecule has 2 fully saturated rings. The molecule has 0 bridgehead atoms. The fourth-order valence-electron chi connectivity index (χ4n) is 6.89. The zero-order valence-corrected chi connectivity index (χ0v) is 30.4. The number of benzene rings is 1. The third-order valence-electron chi connectivity index (χ3n) is 9.51. The first-order valence-corrected chi connectivity index (χ1v) is 19.2. The van der Waals surface area contributed by atoms with Crippen LogP contribution in [-0.2, 0) is 47.0 Å². The molecule has 3 heterocycles. The number of amides is 5. The Bertz CT molecular complexity index is 1680. The Morgan fingerprint density at radius 2 is 1.88 bits per heavy atom. The van der Waals surface area contributed by atoms with E-state index in [-0.39, 0.29) is 51.1 Å². The minimum absolute atomic E-state index is 0.00449. The summed E-state index contributed by atoms with van der Waals surface area (Å²) in [5, 5.41) is 5.42. The smallest absolute Gasteiger partial charge is 0.410 e. The Labute approximate surface area is 297 Å². The van der Waals surface area contributed by atoms with Gasteiger partial charge in [0.1, 0.15) is 35.1 Å². The normalized spacial score (nSPS) is 27.5. The summed E-state index contributed by atoms with van der Waals surface area (Å²) in [4.78, 5) is 70.7. The molecule has 280 valence electrons. The predicted octanol–water partition coefficient (Wildman–Crippen LogP) is 3.39. The van der Waals surface area contributed by atoms with Gasteiger partial charge >= 0.3 is 12.2 Å². The van der Waals surface area contributed by atoms with Crippen LogP contribution in [0, 0.1) is 11.7 Å². The van der Waals surface area contributed by atoms with Gasteiger partial charge in [-0.2, -0.15) is 0 Å². The molecule has 5 amide bonds. The molecule has 0 aromatic heterocycles. The fraction of sp³-hybridized carbons (Fsp3) is 0.629. The van der Waals surface area contributed by atoms with Crippen LogP contribution in [0.5, 0.6) is 0 Å². The number of nitrogens with zero attached hydrogens (tertiary/aromatic N) is 2. The number of hydrogen-bond donors (Lipinski definition) is 3. The van der Waals surface area contributed by atoms with Gasteiger partial charge in [-0.1, -0.05) is 44.1 Å². The summed E-state index contributed by atoms with van der Waals surface area (Å²) >= 11 is 0. The molecule has 3 N–H and O–H groups in total. The average molecular weight is 734 g/mol. The number of carbonyl (C=O) groups is 5. The topological polar surface area (TPSA) is 181 Å². The van der Waals surface area contributed by atoms with Gasteiger partial charge in [0.25, 0.3) is 5.91 Å². The Balaban J connectivity index is 1.41. The summed E-state index contributed by atoms with van der Waals surface area (Å²) in [7, 11) is -3.96. The first-order valence-electron chi connectivity index (χ1n) is 17.6. The summed E-state index contributed by atoms with van der Waals surface area (Å²) in [6.45, 7) is 6.66. The van der Waals surface area contributed by atoms with E-state index in [1.165, 1.54) is 15.9 Å². The molecular formula is C35H48FN5O9S. The Hall–Kier alpha value is -4.21. The number of alkyl carbamates (subject to hydrolysis) is 1. The standard InChI is InChI=1S/C35H48FN5O9S/c1-5-16-51(47,48)39-31(44)35-18-23(35)13-9-7-6-8-10-15-27(37-32(45)50-34(2,3)4)30(43)41-20-24(17-28(41)29(42)38-35)49-33(46)40-19-22-12-11-14-26(36)25(22)21-40/h9,11-14,23-24,27-28H,5-8,10,15-21H2,1-4H3,(H,37,45)(H,38,42)(H,39,44)/b13-9-/t23-,24-,27+,28+,35-/m1/s1. The SMILES string of the molecule is CCCS(=O)(=O)NC(=O)[C@@]12C[C@H]1/C=C\CCCCC[C@H](NC(=O)OC(C)(C)C)C(=O)N1C[C@H](OC(=O)N3Cc4cccc(F)c4C3)C[C@H]1C(=O)N2. The van der Waals surface area contributed by atoms with E-state index in [0.29, 0.717) is 24.0 Å². The number of nitrogens with one attached hydrogen (secondary N) is 3. The average Bonchev–Trinajstić information content (AvgIpc) is 3.33. The second kappa shape index (κ2) is 15.2. The molecule has 4 aliphatic rings. The van der Waals surface area contributed by atoms with E-state index in [4.69, 9.17) is 9.47 Å². The minimum atomic E-state index is -3.96. The summed E-state index contributed by atoms with van der Waals surface area (Å²) in [6, 6.07) is 2.28. The molecule has 1 aromatic rings. The van der Waals surface area contributed by atoms with E-state index in [9.17, 15) is 36.8 Å². The van der Waals surface area contributed by atoms with Crippen LogP contribution in [0.3, 0.4) is 0 Å². The molecule has 1 aromatic carbocycles. The van der Waals surface area contributed by atoms with Crippen LogP contribution in [0.1, 0.15) is 90.2 Å². The lowest BCUT2D eigenvalue weighted by Crippen LogP contribution is -2.58. The number of fused-ring (bicyclic) bond motifs is 3. The van der Waals surface area contributed by atoms with Crippen LogP contribution in [0.15, 0.2) is 30.4 Å². The number of allylic oxidation sites excluding steroid dienone is 1. The number of hydrogen-bond acceptors (Lipinski definition) is 9. The summed E-state index contributed by atoms with van der Waals surface area (Å²) in [6.07, 6.45) is 4.42. The van der Waals surface area contributed by atoms with Gasteiger partial charge in [-0.05, 0) is 64.5 Å². The van der Waals surface area contributed by atoms with Crippen molar-refractivity contribution in [3.05, 3.63) is 47.3 Å². The van der Waals surface area contributed by atoms with Crippen molar-refractivity contribution in [1.82, 2.24) is 25.2 Å². The minimum Gasteiger partial charge on any atom is -0.444 e. The number of ether oxygens (including phenoxy) is 2. The number of rotatable bonds is 6. The molecular weight excluding hydrogens is 685 g/mol. The van der Waals surface area contributed by atoms with Crippen molar-refractivity contribution in [3.63, 3.8) is 0 Å². The van der Waals surface area contributed by atoms with Crippen LogP contribution in [-0.4, -0.2) is 89.8 Å². The highest BCUT2D eigenvalue weighted by Crippen LogP contribution is 2.45. The molecule has 0 radical (unpaired) electrons. The van der Waals surface area contributed by atoms with Gasteiger partial charge in [-0.15, -0.1) is 0 Å². The van der Waals surface area contributed by atoms with Crippen molar-refractivity contribution in [2.45, 2.75) is 121 Å². The van der Waals surface area contributed by atoms with Crippen molar-refractivity contribution in [2.75, 3.05) is 12.3 Å². The maximum atomic E-state index is 14.4. The molecule has 51 heavy (non-hydrogen) atoms. The van der Waals surface area contributed by atoms with Crippen LogP contribution < -0.4 is 15.4 Å². The maximum Gasteiger partial charge on any atom is 0.410 e. The first-order chi connectivity index (χ1) is 24.0. The molecule has 16 heteroatoms. The predicted molar refractivity (Wildman–Crippen MR) is 183 cm³/mol. The quantitative estimate of drug-likeness (QED) is 0.370. The second-order valence-electron chi connectivity index (χ2n) is 14.8. The highest BCUT2D eigenvalue weighted by molar-refractivity contribution is 7.90. The molecule has 1 saturated heterocycles. The lowest BCUT2D eigenvalue weighted by atomic mass is 10.0. The molecule has 5 rings (SSSR count). The van der Waals surface area contributed by atoms with Crippen LogP contribution in [0.25, 0.3) is 0 Å². The zero-order valence-electron chi connectivity index (χ0n) is 29.5. The third-order valence-corrected chi connectivity index (χ3v) is 11.0. The molecule has 3 aliphatic heterocycles. The van der Waals surface area contributed by atoms with Gasteiger partial charge in [0.05, 0.1) is 18.8 Å². The van der Waals surface area contributed by atoms with Gasteiger partial charge in [0, 0.05) is 24.4 Å². The van der Waals surface area contributed by atoms with Crippen LogP contribution in [0.2, 0.25) is 0 Å². The number of sulfonamides is 1. The van der Waals surface area contributed by atoms with E-state index >= 15 is 0 Å². The van der Waals surface area contributed by atoms with Crippen LogP contribution in [0.4, 0.5) is 14.0 Å². The molecule has 0 unspecified atom stereocenters. The van der Waals surface area contributed by atoms with E-state index < -0.39 is 81.0 Å². The Morgan fingerprint density at radius 3 is 2.59 bits per heavy atom. The zero-order chi connectivity index (χ0) is 37.1. The summed E-state index contributed by atoms with van der Waals surface area (Å²) < 4.78 is 52.9. The fourth-order valence-corrected chi connectivity index (χ4v) is 8.00. The van der Waals surface area contributed by atoms with Gasteiger partial charge in [0.2, 0.25) is 21.8 Å². The lowest BCUT2D eigenvalue weighted by molar-refractivity contribution is -0.141. The highest BCUT2D eigenvalue weighted by Gasteiger charge is 2.61. The summed E-state index contributed by atoms with van der Waals surface area (Å²) in [5.41, 5.74) is -1.38. The highest BCUT2D eigenvalue weighted by atomic mass is 32.2. The van der Waals surface area contributed by atoms with Crippen molar-refractivity contribution < 1.29 is 46.3 Å². The van der Waals surface area contributed by atoms with E-state index in [1.807, 2.05) is 6.08 Å². The van der Waals surface area contributed by atoms with Crippen molar-refractivity contribution >= 4 is 39.9 Å². The van der Waals surface area contributed by atoms with Gasteiger partial charge in [-0.3, -0.25) is 24.0 Å². The van der Waals surface area contributed by atoms with Gasteiger partial charge < -0.3 is 25.0 Å². The number of halogens is 1. The van der Waals surface area contributed by atoms with Crippen molar-refractivity contribution in [3.8, 4) is 0 Å². The lowest BCUT2D eigenvalue weighted by Gasteiger charge is -2.30. The maximum absolute atomic E-state index is 14.4. The summed E-state index contributed by atoms with van der Waals surface area (Å²) in [5.74, 6) is -3.40. The van der Waals surface area contributed by atoms with E-state index in [1.54, 1.807) is 45.9 Å². The van der Waals surface area contributed by atoms with Crippen molar-refractivity contribution in [1.29, 1.82) is 0 Å². The van der Waals surface area contributed by atoms with E-state index in [2.05, 4.69) is 15.4 Å². The molecule has 5 atom stereocenters. The molecule has 0 spiro atoms. The second-order valence-corrected chi connectivity index (χ2v) is 16.6. The monoisotopic (exact) mass is 733 g/mol.